The molecule has 97 valence electrons. The lowest BCUT2D eigenvalue weighted by atomic mass is 10.1. The molecule has 1 radical (unpaired) electrons. The van der Waals surface area contributed by atoms with Crippen molar-refractivity contribution in [2.75, 3.05) is 13.6 Å². The molecule has 0 aliphatic heterocycles. The number of rotatable bonds is 13. The van der Waals surface area contributed by atoms with E-state index in [1.807, 2.05) is 7.05 Å². The minimum Gasteiger partial charge on any atom is -0.320 e. The Labute approximate surface area is 103 Å². The van der Waals surface area contributed by atoms with E-state index in [1.54, 1.807) is 0 Å². The van der Waals surface area contributed by atoms with Crippen LogP contribution in [0.3, 0.4) is 0 Å². The highest BCUT2D eigenvalue weighted by molar-refractivity contribution is 4.49. The number of hydrogen-bond donors (Lipinski definition) is 1. The Balaban J connectivity index is 2.83. The Morgan fingerprint density at radius 3 is 1.38 bits per heavy atom. The largest absolute Gasteiger partial charge is 0.320 e. The van der Waals surface area contributed by atoms with Gasteiger partial charge in [-0.05, 0) is 20.0 Å². The maximum absolute atomic E-state index is 3.87. The van der Waals surface area contributed by atoms with Crippen molar-refractivity contribution in [3.8, 4) is 0 Å². The van der Waals surface area contributed by atoms with Crippen LogP contribution in [-0.2, 0) is 0 Å². The van der Waals surface area contributed by atoms with Crippen LogP contribution < -0.4 is 5.32 Å². The maximum atomic E-state index is 3.87. The van der Waals surface area contributed by atoms with E-state index in [0.717, 1.165) is 6.42 Å². The first-order valence-corrected chi connectivity index (χ1v) is 7.35. The molecule has 1 nitrogen and oxygen atoms in total. The van der Waals surface area contributed by atoms with E-state index >= 15 is 0 Å². The molecule has 0 amide bonds. The summed E-state index contributed by atoms with van der Waals surface area (Å²) in [4.78, 5) is 0. The molecule has 1 N–H and O–H groups in total. The molecule has 0 spiro atoms. The highest BCUT2D eigenvalue weighted by Gasteiger charge is 1.92. The molecule has 0 rings (SSSR count). The molecule has 16 heavy (non-hydrogen) atoms. The predicted octanol–water partition coefficient (Wildman–Crippen LogP) is 4.72. The third-order valence-corrected chi connectivity index (χ3v) is 3.18. The van der Waals surface area contributed by atoms with Gasteiger partial charge in [-0.15, -0.1) is 0 Å². The number of unbranched alkanes of at least 4 members (excludes halogenated alkanes) is 11. The van der Waals surface area contributed by atoms with Crippen LogP contribution in [0.5, 0.6) is 0 Å². The molecule has 0 aromatic rings. The molecule has 0 atom stereocenters. The molecule has 0 unspecified atom stereocenters. The quantitative estimate of drug-likeness (QED) is 0.448. The minimum absolute atomic E-state index is 1.12. The van der Waals surface area contributed by atoms with Crippen LogP contribution in [0.4, 0.5) is 0 Å². The number of nitrogens with one attached hydrogen (secondary N) is 1. The van der Waals surface area contributed by atoms with Crippen molar-refractivity contribution in [2.24, 2.45) is 0 Å². The molecular formula is C15H32N. The lowest BCUT2D eigenvalue weighted by Crippen LogP contribution is -2.06. The van der Waals surface area contributed by atoms with Crippen molar-refractivity contribution in [1.82, 2.24) is 5.32 Å². The summed E-state index contributed by atoms with van der Waals surface area (Å²) < 4.78 is 0. The van der Waals surface area contributed by atoms with Crippen molar-refractivity contribution in [1.29, 1.82) is 0 Å². The molecule has 0 saturated carbocycles. The molecule has 0 aliphatic rings. The van der Waals surface area contributed by atoms with Gasteiger partial charge < -0.3 is 5.32 Å². The monoisotopic (exact) mass is 226 g/mol. The molecule has 0 bridgehead atoms. The van der Waals surface area contributed by atoms with Gasteiger partial charge in [-0.1, -0.05) is 77.6 Å². The van der Waals surface area contributed by atoms with E-state index in [9.17, 15) is 0 Å². The summed E-state index contributed by atoms with van der Waals surface area (Å²) >= 11 is 0. The molecular weight excluding hydrogens is 194 g/mol. The summed E-state index contributed by atoms with van der Waals surface area (Å²) in [6.45, 7) is 5.06. The molecule has 0 aromatic carbocycles. The number of hydrogen-bond acceptors (Lipinski definition) is 1. The van der Waals surface area contributed by atoms with Crippen LogP contribution in [0.15, 0.2) is 0 Å². The summed E-state index contributed by atoms with van der Waals surface area (Å²) in [5, 5.41) is 3.20. The highest BCUT2D eigenvalue weighted by atomic mass is 14.8. The fraction of sp³-hybridized carbons (Fsp3) is 0.933. The Morgan fingerprint density at radius 2 is 1.00 bits per heavy atom. The first-order chi connectivity index (χ1) is 7.91. The van der Waals surface area contributed by atoms with Crippen LogP contribution in [0.1, 0.15) is 77.0 Å². The second-order valence-electron chi connectivity index (χ2n) is 4.85. The van der Waals surface area contributed by atoms with Gasteiger partial charge in [-0.3, -0.25) is 0 Å². The third kappa shape index (κ3) is 14.0. The summed E-state index contributed by atoms with van der Waals surface area (Å²) in [7, 11) is 2.04. The summed E-state index contributed by atoms with van der Waals surface area (Å²) in [6, 6.07) is 0. The zero-order valence-corrected chi connectivity index (χ0v) is 11.4. The first-order valence-electron chi connectivity index (χ1n) is 7.35. The fourth-order valence-corrected chi connectivity index (χ4v) is 2.07. The average molecular weight is 226 g/mol. The smallest absolute Gasteiger partial charge is 0.00519 e. The summed E-state index contributed by atoms with van der Waals surface area (Å²) in [6.07, 6.45) is 16.7. The molecule has 0 saturated heterocycles. The molecule has 0 fully saturated rings. The second-order valence-corrected chi connectivity index (χ2v) is 4.85. The fourth-order valence-electron chi connectivity index (χ4n) is 2.07. The van der Waals surface area contributed by atoms with E-state index in [4.69, 9.17) is 0 Å². The van der Waals surface area contributed by atoms with E-state index < -0.39 is 0 Å². The summed E-state index contributed by atoms with van der Waals surface area (Å²) in [5.41, 5.74) is 0. The average Bonchev–Trinajstić information content (AvgIpc) is 2.31. The zero-order valence-electron chi connectivity index (χ0n) is 11.4. The van der Waals surface area contributed by atoms with Crippen LogP contribution in [-0.4, -0.2) is 13.6 Å². The molecule has 0 aliphatic carbocycles. The minimum atomic E-state index is 1.12. The van der Waals surface area contributed by atoms with E-state index in [2.05, 4.69) is 12.2 Å². The standard InChI is InChI=1S/C15H32N/c1-3-4-5-6-7-8-9-10-11-12-13-14-15-16-2/h16H,1,3-15H2,2H3. The van der Waals surface area contributed by atoms with Crippen molar-refractivity contribution in [3.05, 3.63) is 6.92 Å². The molecule has 1 heteroatoms. The van der Waals surface area contributed by atoms with Crippen molar-refractivity contribution < 1.29 is 0 Å². The van der Waals surface area contributed by atoms with Gasteiger partial charge in [-0.25, -0.2) is 0 Å². The van der Waals surface area contributed by atoms with Gasteiger partial charge in [0.15, 0.2) is 0 Å². The molecule has 0 heterocycles. The van der Waals surface area contributed by atoms with Gasteiger partial charge in [0.25, 0.3) is 0 Å². The van der Waals surface area contributed by atoms with Crippen LogP contribution >= 0.6 is 0 Å². The lowest BCUT2D eigenvalue weighted by Gasteiger charge is -2.02. The van der Waals surface area contributed by atoms with Gasteiger partial charge in [0.1, 0.15) is 0 Å². The van der Waals surface area contributed by atoms with Crippen LogP contribution in [0.2, 0.25) is 0 Å². The van der Waals surface area contributed by atoms with E-state index in [0.29, 0.717) is 0 Å². The normalized spacial score (nSPS) is 10.9. The maximum Gasteiger partial charge on any atom is -0.00519 e. The molecule has 0 aromatic heterocycles. The van der Waals surface area contributed by atoms with Crippen molar-refractivity contribution >= 4 is 0 Å². The van der Waals surface area contributed by atoms with E-state index in [-0.39, 0.29) is 0 Å². The Morgan fingerprint density at radius 1 is 0.625 bits per heavy atom. The Kier molecular flexibility index (Phi) is 14.9. The first kappa shape index (κ1) is 16.0. The van der Waals surface area contributed by atoms with Gasteiger partial charge in [0, 0.05) is 0 Å². The SMILES string of the molecule is [CH2]CCCCCCCCCCCCCNC. The zero-order chi connectivity index (χ0) is 11.9. The van der Waals surface area contributed by atoms with Crippen molar-refractivity contribution in [3.63, 3.8) is 0 Å². The van der Waals surface area contributed by atoms with Gasteiger partial charge >= 0.3 is 0 Å². The topological polar surface area (TPSA) is 12.0 Å². The van der Waals surface area contributed by atoms with Crippen molar-refractivity contribution in [2.45, 2.75) is 77.0 Å². The predicted molar refractivity (Wildman–Crippen MR) is 74.7 cm³/mol. The van der Waals surface area contributed by atoms with E-state index in [1.165, 1.54) is 77.2 Å². The van der Waals surface area contributed by atoms with Gasteiger partial charge in [0.2, 0.25) is 0 Å². The van der Waals surface area contributed by atoms with Gasteiger partial charge in [-0.2, -0.15) is 0 Å². The lowest BCUT2D eigenvalue weighted by molar-refractivity contribution is 0.543. The Hall–Kier alpha value is -0.0400. The summed E-state index contributed by atoms with van der Waals surface area (Å²) in [5.74, 6) is 0. The van der Waals surface area contributed by atoms with Crippen LogP contribution in [0, 0.1) is 6.92 Å². The van der Waals surface area contributed by atoms with Gasteiger partial charge in [0.05, 0.1) is 0 Å². The third-order valence-electron chi connectivity index (χ3n) is 3.18. The second kappa shape index (κ2) is 15.0. The Bertz CT molecular complexity index is 98.0. The van der Waals surface area contributed by atoms with Crippen LogP contribution in [0.25, 0.3) is 0 Å². The highest BCUT2D eigenvalue weighted by Crippen LogP contribution is 2.11.